The molecule has 0 radical (unpaired) electrons. The van der Waals surface area contributed by atoms with Crippen molar-refractivity contribution < 1.29 is 23.5 Å². The smallest absolute Gasteiger partial charge is 0.355 e. The van der Waals surface area contributed by atoms with E-state index in [0.29, 0.717) is 12.8 Å². The first-order chi connectivity index (χ1) is 9.96. The van der Waals surface area contributed by atoms with Crippen molar-refractivity contribution in [2.45, 2.75) is 77.8 Å². The molecule has 0 unspecified atom stereocenters. The third kappa shape index (κ3) is 8.68. The van der Waals surface area contributed by atoms with Crippen LogP contribution in [0.4, 0.5) is 4.39 Å². The monoisotopic (exact) mass is 304 g/mol. The maximum atomic E-state index is 14.1. The van der Waals surface area contributed by atoms with Crippen molar-refractivity contribution in [3.63, 3.8) is 0 Å². The molecular formula is C16H29FO4. The molecule has 0 atom stereocenters. The Labute approximate surface area is 127 Å². The third-order valence-corrected chi connectivity index (χ3v) is 3.23. The van der Waals surface area contributed by atoms with Crippen molar-refractivity contribution in [1.82, 2.24) is 0 Å². The Morgan fingerprint density at radius 3 is 1.52 bits per heavy atom. The fourth-order valence-electron chi connectivity index (χ4n) is 1.74. The summed E-state index contributed by atoms with van der Waals surface area (Å²) in [5.74, 6) is -2.31. The molecule has 5 heteroatoms. The van der Waals surface area contributed by atoms with Crippen LogP contribution in [0.15, 0.2) is 0 Å². The SMILES string of the molecule is CCCCCCOC(=O)C(C)(F)C(=O)OCCCCCC. The molecule has 0 amide bonds. The Morgan fingerprint density at radius 2 is 1.19 bits per heavy atom. The molecule has 0 aliphatic rings. The zero-order chi connectivity index (χ0) is 16.1. The van der Waals surface area contributed by atoms with Crippen LogP contribution in [0.1, 0.15) is 72.1 Å². The van der Waals surface area contributed by atoms with Crippen molar-refractivity contribution in [2.75, 3.05) is 13.2 Å². The normalized spacial score (nSPS) is 11.2. The number of ether oxygens (including phenoxy) is 2. The van der Waals surface area contributed by atoms with Gasteiger partial charge in [-0.15, -0.1) is 0 Å². The second-order valence-electron chi connectivity index (χ2n) is 5.40. The van der Waals surface area contributed by atoms with E-state index in [1.54, 1.807) is 0 Å². The number of halogens is 1. The molecule has 0 aromatic carbocycles. The van der Waals surface area contributed by atoms with Crippen molar-refractivity contribution in [3.05, 3.63) is 0 Å². The maximum absolute atomic E-state index is 14.1. The van der Waals surface area contributed by atoms with Gasteiger partial charge in [-0.25, -0.2) is 14.0 Å². The van der Waals surface area contributed by atoms with Gasteiger partial charge < -0.3 is 9.47 Å². The van der Waals surface area contributed by atoms with Crippen LogP contribution in [-0.4, -0.2) is 30.8 Å². The molecule has 0 spiro atoms. The summed E-state index contributed by atoms with van der Waals surface area (Å²) in [6, 6.07) is 0. The fourth-order valence-corrected chi connectivity index (χ4v) is 1.74. The van der Waals surface area contributed by atoms with E-state index in [0.717, 1.165) is 45.4 Å². The molecule has 0 aliphatic heterocycles. The Bertz CT molecular complexity index is 275. The summed E-state index contributed by atoms with van der Waals surface area (Å²) in [7, 11) is 0. The highest BCUT2D eigenvalue weighted by molar-refractivity contribution is 6.02. The van der Waals surface area contributed by atoms with Gasteiger partial charge in [0.15, 0.2) is 0 Å². The first-order valence-electron chi connectivity index (χ1n) is 8.00. The van der Waals surface area contributed by atoms with E-state index in [4.69, 9.17) is 9.47 Å². The largest absolute Gasteiger partial charge is 0.463 e. The van der Waals surface area contributed by atoms with Crippen LogP contribution in [-0.2, 0) is 19.1 Å². The lowest BCUT2D eigenvalue weighted by Crippen LogP contribution is -2.42. The highest BCUT2D eigenvalue weighted by Gasteiger charge is 2.45. The summed E-state index contributed by atoms with van der Waals surface area (Å²) in [5, 5.41) is 0. The topological polar surface area (TPSA) is 52.6 Å². The van der Waals surface area contributed by atoms with Crippen molar-refractivity contribution in [3.8, 4) is 0 Å². The van der Waals surface area contributed by atoms with Crippen molar-refractivity contribution in [1.29, 1.82) is 0 Å². The highest BCUT2D eigenvalue weighted by atomic mass is 19.1. The average molecular weight is 304 g/mol. The van der Waals surface area contributed by atoms with Gasteiger partial charge in [-0.05, 0) is 19.8 Å². The molecule has 0 N–H and O–H groups in total. The number of esters is 2. The molecule has 0 fully saturated rings. The van der Waals surface area contributed by atoms with E-state index < -0.39 is 17.6 Å². The van der Waals surface area contributed by atoms with Crippen LogP contribution < -0.4 is 0 Å². The van der Waals surface area contributed by atoms with Crippen LogP contribution in [0, 0.1) is 0 Å². The Kier molecular flexibility index (Phi) is 10.9. The van der Waals surface area contributed by atoms with Gasteiger partial charge in [0.25, 0.3) is 5.67 Å². The molecule has 4 nitrogen and oxygen atoms in total. The fraction of sp³-hybridized carbons (Fsp3) is 0.875. The third-order valence-electron chi connectivity index (χ3n) is 3.23. The lowest BCUT2D eigenvalue weighted by atomic mass is 10.1. The van der Waals surface area contributed by atoms with E-state index in [-0.39, 0.29) is 13.2 Å². The number of unbranched alkanes of at least 4 members (excludes halogenated alkanes) is 6. The number of carbonyl (C=O) groups excluding carboxylic acids is 2. The molecule has 0 aromatic rings. The minimum Gasteiger partial charge on any atom is -0.463 e. The molecule has 124 valence electrons. The summed E-state index contributed by atoms with van der Waals surface area (Å²) >= 11 is 0. The molecule has 0 rings (SSSR count). The molecule has 0 aliphatic carbocycles. The van der Waals surface area contributed by atoms with Crippen LogP contribution in [0.5, 0.6) is 0 Å². The first-order valence-corrected chi connectivity index (χ1v) is 8.00. The number of hydrogen-bond acceptors (Lipinski definition) is 4. The Balaban J connectivity index is 3.95. The minimum absolute atomic E-state index is 0.141. The summed E-state index contributed by atoms with van der Waals surface area (Å²) in [4.78, 5) is 23.2. The Morgan fingerprint density at radius 1 is 0.810 bits per heavy atom. The highest BCUT2D eigenvalue weighted by Crippen LogP contribution is 2.16. The van der Waals surface area contributed by atoms with Gasteiger partial charge in [-0.1, -0.05) is 52.4 Å². The average Bonchev–Trinajstić information content (AvgIpc) is 2.46. The first kappa shape index (κ1) is 19.9. The van der Waals surface area contributed by atoms with E-state index in [1.165, 1.54) is 0 Å². The van der Waals surface area contributed by atoms with Gasteiger partial charge in [-0.3, -0.25) is 0 Å². The van der Waals surface area contributed by atoms with Crippen LogP contribution >= 0.6 is 0 Å². The second kappa shape index (κ2) is 11.5. The maximum Gasteiger partial charge on any atom is 0.355 e. The lowest BCUT2D eigenvalue weighted by molar-refractivity contribution is -0.173. The van der Waals surface area contributed by atoms with E-state index >= 15 is 0 Å². The lowest BCUT2D eigenvalue weighted by Gasteiger charge is -2.17. The molecule has 0 aromatic heterocycles. The molecule has 0 bridgehead atoms. The van der Waals surface area contributed by atoms with Gasteiger partial charge in [-0.2, -0.15) is 0 Å². The van der Waals surface area contributed by atoms with Crippen molar-refractivity contribution in [2.24, 2.45) is 0 Å². The predicted molar refractivity (Wildman–Crippen MR) is 79.7 cm³/mol. The Hall–Kier alpha value is -1.13. The number of hydrogen-bond donors (Lipinski definition) is 0. The van der Waals surface area contributed by atoms with Crippen LogP contribution in [0.25, 0.3) is 0 Å². The molecule has 0 heterocycles. The number of carbonyl (C=O) groups is 2. The zero-order valence-corrected chi connectivity index (χ0v) is 13.6. The van der Waals surface area contributed by atoms with Gasteiger partial charge in [0.05, 0.1) is 13.2 Å². The summed E-state index contributed by atoms with van der Waals surface area (Å²) in [6.07, 6.45) is 7.44. The van der Waals surface area contributed by atoms with Gasteiger partial charge in [0, 0.05) is 0 Å². The molecular weight excluding hydrogens is 275 g/mol. The van der Waals surface area contributed by atoms with E-state index in [1.807, 2.05) is 0 Å². The second-order valence-corrected chi connectivity index (χ2v) is 5.40. The summed E-state index contributed by atoms with van der Waals surface area (Å²) in [5.41, 5.74) is -2.71. The standard InChI is InChI=1S/C16H29FO4/c1-4-6-8-10-12-20-14(18)16(3,17)15(19)21-13-11-9-7-5-2/h4-13H2,1-3H3. The summed E-state index contributed by atoms with van der Waals surface area (Å²) in [6.45, 7) is 5.32. The van der Waals surface area contributed by atoms with Crippen LogP contribution in [0.2, 0.25) is 0 Å². The van der Waals surface area contributed by atoms with Gasteiger partial charge >= 0.3 is 11.9 Å². The van der Waals surface area contributed by atoms with Gasteiger partial charge in [0.2, 0.25) is 0 Å². The quantitative estimate of drug-likeness (QED) is 0.311. The van der Waals surface area contributed by atoms with Crippen LogP contribution in [0.3, 0.4) is 0 Å². The van der Waals surface area contributed by atoms with E-state index in [2.05, 4.69) is 13.8 Å². The molecule has 21 heavy (non-hydrogen) atoms. The summed E-state index contributed by atoms with van der Waals surface area (Å²) < 4.78 is 23.7. The predicted octanol–water partition coefficient (Wildman–Crippen LogP) is 3.96. The van der Waals surface area contributed by atoms with Crippen molar-refractivity contribution >= 4 is 11.9 Å². The van der Waals surface area contributed by atoms with E-state index in [9.17, 15) is 14.0 Å². The van der Waals surface area contributed by atoms with Gasteiger partial charge in [0.1, 0.15) is 0 Å². The molecule has 0 saturated carbocycles. The number of alkyl halides is 1. The number of rotatable bonds is 12. The minimum atomic E-state index is -2.71. The zero-order valence-electron chi connectivity index (χ0n) is 13.6. The molecule has 0 saturated heterocycles.